The van der Waals surface area contributed by atoms with Gasteiger partial charge in [0.2, 0.25) is 0 Å². The molecule has 0 aromatic carbocycles. The smallest absolute Gasteiger partial charge is 0.0446 e. The largest absolute Gasteiger partial charge is 0.396 e. The minimum Gasteiger partial charge on any atom is -0.396 e. The van der Waals surface area contributed by atoms with Gasteiger partial charge in [-0.3, -0.25) is 4.90 Å². The maximum Gasteiger partial charge on any atom is 0.0446 e. The molecule has 0 spiro atoms. The van der Waals surface area contributed by atoms with Crippen LogP contribution in [0.5, 0.6) is 0 Å². The fourth-order valence-electron chi connectivity index (χ4n) is 3.74. The van der Waals surface area contributed by atoms with E-state index in [0.29, 0.717) is 12.6 Å². The van der Waals surface area contributed by atoms with E-state index in [4.69, 9.17) is 0 Å². The minimum absolute atomic E-state index is 0.335. The molecule has 1 unspecified atom stereocenters. The zero-order valence-electron chi connectivity index (χ0n) is 12.0. The lowest BCUT2D eigenvalue weighted by Gasteiger charge is -2.37. The van der Waals surface area contributed by atoms with Crippen molar-refractivity contribution in [1.82, 2.24) is 9.80 Å². The Morgan fingerprint density at radius 3 is 2.39 bits per heavy atom. The normalized spacial score (nSPS) is 30.0. The molecule has 0 aromatic heterocycles. The number of hydrogen-bond acceptors (Lipinski definition) is 3. The molecule has 1 heterocycles. The van der Waals surface area contributed by atoms with Gasteiger partial charge in [0.05, 0.1) is 0 Å². The van der Waals surface area contributed by atoms with Crippen molar-refractivity contribution in [3.05, 3.63) is 0 Å². The van der Waals surface area contributed by atoms with E-state index >= 15 is 0 Å². The molecule has 2 fully saturated rings. The monoisotopic (exact) mass is 254 g/mol. The topological polar surface area (TPSA) is 26.7 Å². The third kappa shape index (κ3) is 3.94. The quantitative estimate of drug-likeness (QED) is 0.781. The number of hydrogen-bond donors (Lipinski definition) is 1. The first-order valence-corrected chi connectivity index (χ1v) is 7.86. The summed E-state index contributed by atoms with van der Waals surface area (Å²) in [4.78, 5) is 5.18. The zero-order chi connectivity index (χ0) is 12.8. The Bertz CT molecular complexity index is 227. The van der Waals surface area contributed by atoms with Gasteiger partial charge in [0.25, 0.3) is 0 Å². The molecule has 3 nitrogen and oxygen atoms in total. The van der Waals surface area contributed by atoms with Crippen LogP contribution in [0, 0.1) is 0 Å². The molecule has 0 aromatic rings. The van der Waals surface area contributed by atoms with Crippen LogP contribution >= 0.6 is 0 Å². The van der Waals surface area contributed by atoms with Crippen molar-refractivity contribution in [3.8, 4) is 0 Å². The number of rotatable bonds is 3. The summed E-state index contributed by atoms with van der Waals surface area (Å²) in [6, 6.07) is 1.36. The second-order valence-corrected chi connectivity index (χ2v) is 6.17. The van der Waals surface area contributed by atoms with E-state index in [1.165, 1.54) is 58.0 Å². The van der Waals surface area contributed by atoms with Crippen LogP contribution in [0.2, 0.25) is 0 Å². The minimum atomic E-state index is 0.335. The molecular weight excluding hydrogens is 224 g/mol. The van der Waals surface area contributed by atoms with Crippen LogP contribution in [-0.4, -0.2) is 60.3 Å². The molecule has 18 heavy (non-hydrogen) atoms. The van der Waals surface area contributed by atoms with Gasteiger partial charge in [0.1, 0.15) is 0 Å². The Balaban J connectivity index is 2.00. The Kier molecular flexibility index (Phi) is 5.93. The number of aliphatic hydroxyl groups excluding tert-OH is 1. The summed E-state index contributed by atoms with van der Waals surface area (Å²) >= 11 is 0. The molecule has 1 saturated heterocycles. The highest BCUT2D eigenvalue weighted by Gasteiger charge is 2.29. The molecular formula is C15H30N2O. The highest BCUT2D eigenvalue weighted by atomic mass is 16.3. The summed E-state index contributed by atoms with van der Waals surface area (Å²) in [5.41, 5.74) is 0. The standard InChI is InChI=1S/C15H30N2O/c1-16-10-6-11-17(15(13-16)9-12-18)14-7-4-2-3-5-8-14/h14-15,18H,2-13H2,1H3. The first-order valence-electron chi connectivity index (χ1n) is 7.86. The maximum atomic E-state index is 9.32. The van der Waals surface area contributed by atoms with Crippen molar-refractivity contribution in [2.75, 3.05) is 33.3 Å². The van der Waals surface area contributed by atoms with E-state index in [0.717, 1.165) is 19.0 Å². The average Bonchev–Trinajstić information content (AvgIpc) is 2.70. The van der Waals surface area contributed by atoms with Gasteiger partial charge >= 0.3 is 0 Å². The van der Waals surface area contributed by atoms with Gasteiger partial charge in [-0.15, -0.1) is 0 Å². The van der Waals surface area contributed by atoms with Crippen molar-refractivity contribution < 1.29 is 5.11 Å². The van der Waals surface area contributed by atoms with Gasteiger partial charge in [0, 0.05) is 25.2 Å². The predicted molar refractivity (Wildman–Crippen MR) is 75.8 cm³/mol. The second kappa shape index (κ2) is 7.46. The number of aliphatic hydroxyl groups is 1. The zero-order valence-corrected chi connectivity index (χ0v) is 12.0. The summed E-state index contributed by atoms with van der Waals surface area (Å²) in [5, 5.41) is 9.32. The van der Waals surface area contributed by atoms with Crippen molar-refractivity contribution in [3.63, 3.8) is 0 Å². The van der Waals surface area contributed by atoms with Crippen LogP contribution in [0.15, 0.2) is 0 Å². The molecule has 0 amide bonds. The van der Waals surface area contributed by atoms with Gasteiger partial charge in [-0.25, -0.2) is 0 Å². The third-order valence-electron chi connectivity index (χ3n) is 4.70. The lowest BCUT2D eigenvalue weighted by molar-refractivity contribution is 0.0978. The van der Waals surface area contributed by atoms with Gasteiger partial charge in [-0.2, -0.15) is 0 Å². The van der Waals surface area contributed by atoms with Crippen LogP contribution in [0.1, 0.15) is 51.4 Å². The third-order valence-corrected chi connectivity index (χ3v) is 4.70. The van der Waals surface area contributed by atoms with E-state index in [9.17, 15) is 5.11 Å². The number of nitrogens with zero attached hydrogens (tertiary/aromatic N) is 2. The molecule has 2 aliphatic rings. The summed E-state index contributed by atoms with van der Waals surface area (Å²) in [5.74, 6) is 0. The van der Waals surface area contributed by atoms with Crippen molar-refractivity contribution in [2.45, 2.75) is 63.5 Å². The Hall–Kier alpha value is -0.120. The highest BCUT2D eigenvalue weighted by molar-refractivity contribution is 4.85. The fourth-order valence-corrected chi connectivity index (χ4v) is 3.74. The molecule has 1 saturated carbocycles. The van der Waals surface area contributed by atoms with Crippen LogP contribution in [0.25, 0.3) is 0 Å². The van der Waals surface area contributed by atoms with E-state index in [1.807, 2.05) is 0 Å². The number of likely N-dealkylation sites (N-methyl/N-ethyl adjacent to an activating group) is 1. The SMILES string of the molecule is CN1CCCN(C2CCCCCC2)C(CCO)C1. The first kappa shape index (κ1) is 14.3. The van der Waals surface area contributed by atoms with Gasteiger partial charge in [0.15, 0.2) is 0 Å². The Morgan fingerprint density at radius 1 is 1.00 bits per heavy atom. The molecule has 1 atom stereocenters. The Morgan fingerprint density at radius 2 is 1.72 bits per heavy atom. The maximum absolute atomic E-state index is 9.32. The molecule has 3 heteroatoms. The molecule has 0 radical (unpaired) electrons. The summed E-state index contributed by atoms with van der Waals surface area (Å²) in [7, 11) is 2.22. The fraction of sp³-hybridized carbons (Fsp3) is 1.00. The van der Waals surface area contributed by atoms with Crippen LogP contribution in [0.3, 0.4) is 0 Å². The lowest BCUT2D eigenvalue weighted by atomic mass is 10.0. The summed E-state index contributed by atoms with van der Waals surface area (Å²) < 4.78 is 0. The van der Waals surface area contributed by atoms with Crippen LogP contribution in [0.4, 0.5) is 0 Å². The van der Waals surface area contributed by atoms with E-state index in [2.05, 4.69) is 16.8 Å². The second-order valence-electron chi connectivity index (χ2n) is 6.17. The van der Waals surface area contributed by atoms with E-state index < -0.39 is 0 Å². The summed E-state index contributed by atoms with van der Waals surface area (Å²) in [6.45, 7) is 3.92. The molecule has 2 rings (SSSR count). The Labute approximate surface area is 112 Å². The van der Waals surface area contributed by atoms with E-state index in [-0.39, 0.29) is 0 Å². The van der Waals surface area contributed by atoms with Gasteiger partial charge in [-0.05, 0) is 45.8 Å². The average molecular weight is 254 g/mol. The van der Waals surface area contributed by atoms with Gasteiger partial charge in [-0.1, -0.05) is 25.7 Å². The van der Waals surface area contributed by atoms with Crippen LogP contribution in [-0.2, 0) is 0 Å². The molecule has 1 aliphatic carbocycles. The summed E-state index contributed by atoms with van der Waals surface area (Å²) in [6.07, 6.45) is 10.7. The first-order chi connectivity index (χ1) is 8.81. The lowest BCUT2D eigenvalue weighted by Crippen LogP contribution is -2.46. The van der Waals surface area contributed by atoms with Crippen molar-refractivity contribution >= 4 is 0 Å². The van der Waals surface area contributed by atoms with Crippen LogP contribution < -0.4 is 0 Å². The van der Waals surface area contributed by atoms with Crippen molar-refractivity contribution in [2.24, 2.45) is 0 Å². The van der Waals surface area contributed by atoms with Crippen molar-refractivity contribution in [1.29, 1.82) is 0 Å². The predicted octanol–water partition coefficient (Wildman–Crippen LogP) is 2.10. The molecule has 1 N–H and O–H groups in total. The molecule has 106 valence electrons. The van der Waals surface area contributed by atoms with E-state index in [1.54, 1.807) is 0 Å². The van der Waals surface area contributed by atoms with Gasteiger partial charge < -0.3 is 10.0 Å². The molecule has 0 bridgehead atoms. The highest BCUT2D eigenvalue weighted by Crippen LogP contribution is 2.26. The molecule has 1 aliphatic heterocycles.